The minimum absolute atomic E-state index is 0.330. The summed E-state index contributed by atoms with van der Waals surface area (Å²) in [7, 11) is 1.57. The maximum atomic E-state index is 10.5. The lowest BCUT2D eigenvalue weighted by molar-refractivity contribution is -0.0960. The first-order valence-corrected chi connectivity index (χ1v) is 7.52. The summed E-state index contributed by atoms with van der Waals surface area (Å²) < 4.78 is 12.1. The van der Waals surface area contributed by atoms with Gasteiger partial charge in [-0.25, -0.2) is 4.68 Å². The molecule has 1 aliphatic rings. The second kappa shape index (κ2) is 6.24. The van der Waals surface area contributed by atoms with Gasteiger partial charge in [0.05, 0.1) is 31.5 Å². The van der Waals surface area contributed by atoms with Crippen molar-refractivity contribution in [1.29, 1.82) is 0 Å². The molecule has 1 saturated heterocycles. The molecule has 0 bridgehead atoms. The number of hydrogen-bond donors (Lipinski definition) is 1. The van der Waals surface area contributed by atoms with Gasteiger partial charge >= 0.3 is 0 Å². The summed E-state index contributed by atoms with van der Waals surface area (Å²) in [6, 6.07) is 5.45. The van der Waals surface area contributed by atoms with Gasteiger partial charge in [-0.05, 0) is 31.0 Å². The lowest BCUT2D eigenvalue weighted by Gasteiger charge is -2.31. The van der Waals surface area contributed by atoms with Crippen LogP contribution >= 0.6 is 11.6 Å². The molecule has 1 N–H and O–H groups in total. The van der Waals surface area contributed by atoms with Gasteiger partial charge in [0.15, 0.2) is 0 Å². The fourth-order valence-corrected chi connectivity index (χ4v) is 2.86. The smallest absolute Gasteiger partial charge is 0.137 e. The number of aromatic nitrogens is 3. The Hall–Kier alpha value is -1.63. The molecule has 1 atom stereocenters. The molecule has 1 fully saturated rings. The maximum Gasteiger partial charge on any atom is 0.137 e. The van der Waals surface area contributed by atoms with Gasteiger partial charge < -0.3 is 14.6 Å². The lowest BCUT2D eigenvalue weighted by atomic mass is 9.97. The van der Waals surface area contributed by atoms with E-state index in [1.165, 1.54) is 0 Å². The highest BCUT2D eigenvalue weighted by Gasteiger charge is 2.31. The van der Waals surface area contributed by atoms with E-state index in [0.717, 1.165) is 12.0 Å². The van der Waals surface area contributed by atoms with Crippen LogP contribution in [-0.2, 0) is 11.3 Å². The Morgan fingerprint density at radius 2 is 2.36 bits per heavy atom. The topological polar surface area (TPSA) is 69.4 Å². The van der Waals surface area contributed by atoms with Gasteiger partial charge in [-0.1, -0.05) is 16.8 Å². The van der Waals surface area contributed by atoms with Crippen molar-refractivity contribution >= 4 is 11.6 Å². The second-order valence-corrected chi connectivity index (χ2v) is 5.94. The van der Waals surface area contributed by atoms with Crippen LogP contribution in [0.4, 0.5) is 0 Å². The Kier molecular flexibility index (Phi) is 4.33. The monoisotopic (exact) mass is 323 g/mol. The number of benzene rings is 1. The summed E-state index contributed by atoms with van der Waals surface area (Å²) in [5.74, 6) is 0.617. The molecule has 1 aromatic heterocycles. The fourth-order valence-electron chi connectivity index (χ4n) is 2.60. The molecule has 0 aliphatic carbocycles. The first kappa shape index (κ1) is 15.3. The Morgan fingerprint density at radius 3 is 3.05 bits per heavy atom. The van der Waals surface area contributed by atoms with Crippen molar-refractivity contribution in [2.45, 2.75) is 25.0 Å². The highest BCUT2D eigenvalue weighted by atomic mass is 35.5. The summed E-state index contributed by atoms with van der Waals surface area (Å²) in [6.07, 6.45) is 3.35. The van der Waals surface area contributed by atoms with Crippen LogP contribution in [0.5, 0.6) is 5.75 Å². The van der Waals surface area contributed by atoms with Crippen molar-refractivity contribution in [3.63, 3.8) is 0 Å². The number of hydrogen-bond acceptors (Lipinski definition) is 5. The van der Waals surface area contributed by atoms with Gasteiger partial charge in [-0.15, -0.1) is 5.10 Å². The molecule has 22 heavy (non-hydrogen) atoms. The van der Waals surface area contributed by atoms with E-state index < -0.39 is 5.60 Å². The number of methoxy groups -OCH3 is 1. The Labute approximate surface area is 133 Å². The molecule has 118 valence electrons. The molecule has 1 aliphatic heterocycles. The van der Waals surface area contributed by atoms with Crippen LogP contribution in [0.25, 0.3) is 11.3 Å². The Balaban J connectivity index is 1.77. The quantitative estimate of drug-likeness (QED) is 0.933. The number of aliphatic hydroxyl groups is 1. The SMILES string of the molecule is COc1ccc(-c2cn(CC3(O)CCCOC3)nn2)cc1Cl. The van der Waals surface area contributed by atoms with Gasteiger partial charge in [0.2, 0.25) is 0 Å². The first-order valence-electron chi connectivity index (χ1n) is 7.14. The van der Waals surface area contributed by atoms with E-state index in [1.54, 1.807) is 30.1 Å². The zero-order valence-electron chi connectivity index (χ0n) is 12.3. The molecule has 0 amide bonds. The lowest BCUT2D eigenvalue weighted by Crippen LogP contribution is -2.42. The molecule has 1 aromatic carbocycles. The van der Waals surface area contributed by atoms with E-state index in [1.807, 2.05) is 6.07 Å². The van der Waals surface area contributed by atoms with Crippen molar-refractivity contribution in [1.82, 2.24) is 15.0 Å². The van der Waals surface area contributed by atoms with Crippen LogP contribution in [0.3, 0.4) is 0 Å². The molecular formula is C15H18ClN3O3. The number of nitrogens with zero attached hydrogens (tertiary/aromatic N) is 3. The molecule has 0 radical (unpaired) electrons. The molecule has 3 rings (SSSR count). The third-order valence-corrected chi connectivity index (χ3v) is 4.04. The Bertz CT molecular complexity index is 653. The van der Waals surface area contributed by atoms with Gasteiger partial charge in [-0.2, -0.15) is 0 Å². The third kappa shape index (κ3) is 3.24. The summed E-state index contributed by atoms with van der Waals surface area (Å²) in [4.78, 5) is 0. The first-order chi connectivity index (χ1) is 10.6. The van der Waals surface area contributed by atoms with Gasteiger partial charge in [-0.3, -0.25) is 0 Å². The zero-order valence-corrected chi connectivity index (χ0v) is 13.1. The largest absolute Gasteiger partial charge is 0.495 e. The van der Waals surface area contributed by atoms with E-state index in [2.05, 4.69) is 10.3 Å². The standard InChI is InChI=1S/C15H18ClN3O3/c1-21-14-4-3-11(7-12(14)16)13-8-19(18-17-13)9-15(20)5-2-6-22-10-15/h3-4,7-8,20H,2,5-6,9-10H2,1H3. The summed E-state index contributed by atoms with van der Waals surface area (Å²) in [6.45, 7) is 1.40. The van der Waals surface area contributed by atoms with Crippen molar-refractivity contribution < 1.29 is 14.6 Å². The van der Waals surface area contributed by atoms with Crippen LogP contribution in [0, 0.1) is 0 Å². The molecule has 2 aromatic rings. The van der Waals surface area contributed by atoms with Crippen LogP contribution in [0.15, 0.2) is 24.4 Å². The predicted octanol–water partition coefficient (Wildman–Crippen LogP) is 2.15. The number of rotatable bonds is 4. The van der Waals surface area contributed by atoms with Crippen molar-refractivity contribution in [3.8, 4) is 17.0 Å². The molecule has 7 heteroatoms. The van der Waals surface area contributed by atoms with E-state index in [4.69, 9.17) is 21.1 Å². The highest BCUT2D eigenvalue weighted by molar-refractivity contribution is 6.32. The summed E-state index contributed by atoms with van der Waals surface area (Å²) in [5, 5.41) is 19.2. The number of halogens is 1. The van der Waals surface area contributed by atoms with E-state index in [-0.39, 0.29) is 0 Å². The fraction of sp³-hybridized carbons (Fsp3) is 0.467. The van der Waals surface area contributed by atoms with Gasteiger partial charge in [0.25, 0.3) is 0 Å². The van der Waals surface area contributed by atoms with Gasteiger partial charge in [0.1, 0.15) is 17.0 Å². The predicted molar refractivity (Wildman–Crippen MR) is 82.0 cm³/mol. The second-order valence-electron chi connectivity index (χ2n) is 5.53. The molecule has 2 heterocycles. The van der Waals surface area contributed by atoms with E-state index >= 15 is 0 Å². The van der Waals surface area contributed by atoms with Crippen LogP contribution in [0.1, 0.15) is 12.8 Å². The number of ether oxygens (including phenoxy) is 2. The third-order valence-electron chi connectivity index (χ3n) is 3.74. The normalized spacial score (nSPS) is 21.8. The van der Waals surface area contributed by atoms with E-state index in [9.17, 15) is 5.11 Å². The molecule has 6 nitrogen and oxygen atoms in total. The van der Waals surface area contributed by atoms with Crippen molar-refractivity contribution in [2.75, 3.05) is 20.3 Å². The minimum atomic E-state index is -0.874. The van der Waals surface area contributed by atoms with E-state index in [0.29, 0.717) is 42.6 Å². The van der Waals surface area contributed by atoms with Gasteiger partial charge in [0, 0.05) is 12.2 Å². The average molecular weight is 324 g/mol. The summed E-state index contributed by atoms with van der Waals surface area (Å²) in [5.41, 5.74) is 0.676. The molecule has 0 spiro atoms. The highest BCUT2D eigenvalue weighted by Crippen LogP contribution is 2.29. The minimum Gasteiger partial charge on any atom is -0.495 e. The van der Waals surface area contributed by atoms with Crippen LogP contribution < -0.4 is 4.74 Å². The molecular weight excluding hydrogens is 306 g/mol. The summed E-state index contributed by atoms with van der Waals surface area (Å²) >= 11 is 6.13. The molecule has 0 saturated carbocycles. The Morgan fingerprint density at radius 1 is 1.50 bits per heavy atom. The van der Waals surface area contributed by atoms with Crippen LogP contribution in [0.2, 0.25) is 5.02 Å². The average Bonchev–Trinajstić information content (AvgIpc) is 2.95. The maximum absolute atomic E-state index is 10.5. The molecule has 1 unspecified atom stereocenters. The van der Waals surface area contributed by atoms with Crippen molar-refractivity contribution in [3.05, 3.63) is 29.4 Å². The van der Waals surface area contributed by atoms with Crippen molar-refractivity contribution in [2.24, 2.45) is 0 Å². The van der Waals surface area contributed by atoms with Crippen LogP contribution in [-0.4, -0.2) is 46.0 Å². The zero-order chi connectivity index (χ0) is 15.6.